The van der Waals surface area contributed by atoms with Crippen LogP contribution in [0.3, 0.4) is 0 Å². The van der Waals surface area contributed by atoms with Crippen LogP contribution in [-0.4, -0.2) is 30.3 Å². The van der Waals surface area contributed by atoms with Gasteiger partial charge in [-0.25, -0.2) is 0 Å². The van der Waals surface area contributed by atoms with Gasteiger partial charge in [0.05, 0.1) is 19.0 Å². The fourth-order valence-corrected chi connectivity index (χ4v) is 3.66. The molecule has 0 amide bonds. The molecule has 1 unspecified atom stereocenters. The summed E-state index contributed by atoms with van der Waals surface area (Å²) >= 11 is 0. The normalized spacial score (nSPS) is 11.8. The zero-order valence-electron chi connectivity index (χ0n) is 20.3. The van der Waals surface area contributed by atoms with Gasteiger partial charge >= 0.3 is 11.9 Å². The van der Waals surface area contributed by atoms with Crippen LogP contribution in [0.2, 0.25) is 0 Å². The van der Waals surface area contributed by atoms with Crippen LogP contribution in [0.5, 0.6) is 0 Å². The highest BCUT2D eigenvalue weighted by Crippen LogP contribution is 2.23. The maximum Gasteiger partial charge on any atom is 0.305 e. The van der Waals surface area contributed by atoms with E-state index in [-0.39, 0.29) is 18.3 Å². The molecular weight excluding hydrogens is 392 g/mol. The number of rotatable bonds is 23. The van der Waals surface area contributed by atoms with Crippen molar-refractivity contribution in [2.75, 3.05) is 13.2 Å². The first-order valence-electron chi connectivity index (χ1n) is 12.7. The number of allylic oxidation sites excluding steroid dienone is 1. The molecule has 0 radical (unpaired) electrons. The van der Waals surface area contributed by atoms with E-state index in [4.69, 9.17) is 14.6 Å². The first-order chi connectivity index (χ1) is 15.0. The predicted molar refractivity (Wildman–Crippen MR) is 127 cm³/mol. The molecule has 0 bridgehead atoms. The van der Waals surface area contributed by atoms with Crippen LogP contribution in [0, 0.1) is 5.92 Å². The molecule has 182 valence electrons. The summed E-state index contributed by atoms with van der Waals surface area (Å²) in [6, 6.07) is 0. The molecule has 0 heterocycles. The van der Waals surface area contributed by atoms with Gasteiger partial charge in [-0.05, 0) is 38.0 Å². The zero-order valence-corrected chi connectivity index (χ0v) is 20.3. The molecule has 0 fully saturated rings. The van der Waals surface area contributed by atoms with Crippen molar-refractivity contribution in [1.82, 2.24) is 0 Å². The topological polar surface area (TPSA) is 72.8 Å². The van der Waals surface area contributed by atoms with E-state index >= 15 is 0 Å². The molecule has 0 saturated heterocycles. The van der Waals surface area contributed by atoms with E-state index < -0.39 is 5.97 Å². The van der Waals surface area contributed by atoms with E-state index in [1.807, 2.05) is 0 Å². The van der Waals surface area contributed by atoms with E-state index in [0.717, 1.165) is 31.4 Å². The number of carbonyl (C=O) groups is 2. The Kier molecular flexibility index (Phi) is 20.6. The SMILES string of the molecule is C=C(CC(CCCC(=O)O)CCC(=O)OCCCCCCCC)OCCCCCCC. The fourth-order valence-electron chi connectivity index (χ4n) is 3.66. The highest BCUT2D eigenvalue weighted by Gasteiger charge is 2.15. The van der Waals surface area contributed by atoms with Gasteiger partial charge in [0, 0.05) is 19.3 Å². The second-order valence-corrected chi connectivity index (χ2v) is 8.68. The van der Waals surface area contributed by atoms with Crippen LogP contribution in [0.1, 0.15) is 123 Å². The van der Waals surface area contributed by atoms with Gasteiger partial charge in [-0.3, -0.25) is 9.59 Å². The number of carbonyl (C=O) groups excluding carboxylic acids is 1. The van der Waals surface area contributed by atoms with Gasteiger partial charge in [0.1, 0.15) is 0 Å². The van der Waals surface area contributed by atoms with Crippen LogP contribution in [-0.2, 0) is 19.1 Å². The lowest BCUT2D eigenvalue weighted by Crippen LogP contribution is -2.11. The van der Waals surface area contributed by atoms with Gasteiger partial charge in [-0.2, -0.15) is 0 Å². The van der Waals surface area contributed by atoms with Crippen LogP contribution < -0.4 is 0 Å². The van der Waals surface area contributed by atoms with Crippen molar-refractivity contribution in [2.24, 2.45) is 5.92 Å². The Morgan fingerprint density at radius 1 is 0.742 bits per heavy atom. The number of hydrogen-bond acceptors (Lipinski definition) is 4. The van der Waals surface area contributed by atoms with Crippen molar-refractivity contribution in [3.63, 3.8) is 0 Å². The summed E-state index contributed by atoms with van der Waals surface area (Å²) in [7, 11) is 0. The van der Waals surface area contributed by atoms with E-state index in [9.17, 15) is 9.59 Å². The van der Waals surface area contributed by atoms with Crippen molar-refractivity contribution >= 4 is 11.9 Å². The molecule has 0 aromatic rings. The summed E-state index contributed by atoms with van der Waals surface area (Å²) in [5.41, 5.74) is 0. The number of hydrogen-bond donors (Lipinski definition) is 1. The Bertz CT molecular complexity index is 461. The van der Waals surface area contributed by atoms with Gasteiger partial charge in [0.2, 0.25) is 0 Å². The average molecular weight is 441 g/mol. The summed E-state index contributed by atoms with van der Waals surface area (Å²) in [4.78, 5) is 22.9. The summed E-state index contributed by atoms with van der Waals surface area (Å²) in [5.74, 6) is 0.0169. The lowest BCUT2D eigenvalue weighted by molar-refractivity contribution is -0.144. The molecule has 0 aromatic heterocycles. The molecule has 0 aliphatic rings. The minimum Gasteiger partial charge on any atom is -0.499 e. The van der Waals surface area contributed by atoms with Gasteiger partial charge in [0.15, 0.2) is 0 Å². The molecule has 1 N–H and O–H groups in total. The summed E-state index contributed by atoms with van der Waals surface area (Å²) in [5, 5.41) is 8.90. The maximum atomic E-state index is 12.1. The van der Waals surface area contributed by atoms with Gasteiger partial charge < -0.3 is 14.6 Å². The quantitative estimate of drug-likeness (QED) is 0.102. The smallest absolute Gasteiger partial charge is 0.305 e. The monoisotopic (exact) mass is 440 g/mol. The highest BCUT2D eigenvalue weighted by molar-refractivity contribution is 5.69. The maximum absolute atomic E-state index is 12.1. The molecule has 0 saturated carbocycles. The Morgan fingerprint density at radius 2 is 1.29 bits per heavy atom. The number of aliphatic carboxylic acids is 1. The van der Waals surface area contributed by atoms with Gasteiger partial charge in [0.25, 0.3) is 0 Å². The van der Waals surface area contributed by atoms with E-state index in [0.29, 0.717) is 38.9 Å². The summed E-state index contributed by atoms with van der Waals surface area (Å²) < 4.78 is 11.2. The number of unbranched alkanes of at least 4 members (excludes halogenated alkanes) is 9. The number of esters is 1. The Hall–Kier alpha value is -1.52. The van der Waals surface area contributed by atoms with E-state index in [1.54, 1.807) is 0 Å². The number of carboxylic acids is 1. The molecule has 5 nitrogen and oxygen atoms in total. The second kappa shape index (κ2) is 21.7. The Morgan fingerprint density at radius 3 is 1.87 bits per heavy atom. The second-order valence-electron chi connectivity index (χ2n) is 8.68. The molecule has 0 spiro atoms. The Labute approximate surface area is 191 Å². The molecule has 31 heavy (non-hydrogen) atoms. The predicted octanol–water partition coefficient (Wildman–Crippen LogP) is 7.43. The first-order valence-corrected chi connectivity index (χ1v) is 12.7. The zero-order chi connectivity index (χ0) is 23.2. The van der Waals surface area contributed by atoms with Crippen molar-refractivity contribution < 1.29 is 24.2 Å². The van der Waals surface area contributed by atoms with Crippen molar-refractivity contribution in [3.8, 4) is 0 Å². The molecule has 0 aromatic carbocycles. The van der Waals surface area contributed by atoms with Crippen LogP contribution in [0.15, 0.2) is 12.3 Å². The van der Waals surface area contributed by atoms with Crippen molar-refractivity contribution in [1.29, 1.82) is 0 Å². The Balaban J connectivity index is 4.12. The lowest BCUT2D eigenvalue weighted by atomic mass is 9.92. The van der Waals surface area contributed by atoms with Gasteiger partial charge in [-0.15, -0.1) is 0 Å². The molecular formula is C26H48O5. The fraction of sp³-hybridized carbons (Fsp3) is 0.846. The number of carboxylic acid groups (broad SMARTS) is 1. The highest BCUT2D eigenvalue weighted by atomic mass is 16.5. The van der Waals surface area contributed by atoms with Crippen molar-refractivity contribution in [3.05, 3.63) is 12.3 Å². The average Bonchev–Trinajstić information content (AvgIpc) is 2.73. The van der Waals surface area contributed by atoms with Gasteiger partial charge in [-0.1, -0.05) is 78.2 Å². The molecule has 0 rings (SSSR count). The number of ether oxygens (including phenoxy) is 2. The largest absolute Gasteiger partial charge is 0.499 e. The van der Waals surface area contributed by atoms with Crippen molar-refractivity contribution in [2.45, 2.75) is 123 Å². The third-order valence-corrected chi connectivity index (χ3v) is 5.59. The third kappa shape index (κ3) is 21.5. The third-order valence-electron chi connectivity index (χ3n) is 5.59. The minimum absolute atomic E-state index is 0.153. The summed E-state index contributed by atoms with van der Waals surface area (Å²) in [6.45, 7) is 9.63. The molecule has 0 aliphatic carbocycles. The van der Waals surface area contributed by atoms with E-state index in [2.05, 4.69) is 20.4 Å². The van der Waals surface area contributed by atoms with Crippen LogP contribution in [0.25, 0.3) is 0 Å². The molecule has 1 atom stereocenters. The van der Waals surface area contributed by atoms with E-state index in [1.165, 1.54) is 51.4 Å². The molecule has 0 aliphatic heterocycles. The standard InChI is InChI=1S/C26H48O5/c1-4-6-8-10-12-14-21-31-26(29)19-18-24(16-15-17-25(27)28)22-23(3)30-20-13-11-9-7-5-2/h24H,3-22H2,1-2H3,(H,27,28). The molecule has 5 heteroatoms. The van der Waals surface area contributed by atoms with Crippen LogP contribution >= 0.6 is 0 Å². The summed E-state index contributed by atoms with van der Waals surface area (Å²) in [6.07, 6.45) is 16.2. The lowest BCUT2D eigenvalue weighted by Gasteiger charge is -2.18. The van der Waals surface area contributed by atoms with Crippen LogP contribution in [0.4, 0.5) is 0 Å². The minimum atomic E-state index is -0.778. The first kappa shape index (κ1) is 29.5.